The molecule has 2 heteroatoms. The zero-order valence-corrected chi connectivity index (χ0v) is 13.1. The summed E-state index contributed by atoms with van der Waals surface area (Å²) in [7, 11) is 0. The van der Waals surface area contributed by atoms with E-state index in [4.69, 9.17) is 0 Å². The lowest BCUT2D eigenvalue weighted by Gasteiger charge is -2.39. The van der Waals surface area contributed by atoms with Gasteiger partial charge in [-0.3, -0.25) is 9.80 Å². The number of aryl methyl sites for hydroxylation is 1. The van der Waals surface area contributed by atoms with Gasteiger partial charge < -0.3 is 0 Å². The zero-order chi connectivity index (χ0) is 14.1. The van der Waals surface area contributed by atoms with Crippen LogP contribution in [0.4, 0.5) is 0 Å². The van der Waals surface area contributed by atoms with Crippen molar-refractivity contribution < 1.29 is 0 Å². The predicted molar refractivity (Wildman–Crippen MR) is 87.7 cm³/mol. The Morgan fingerprint density at radius 1 is 0.762 bits per heavy atom. The van der Waals surface area contributed by atoms with Crippen LogP contribution >= 0.6 is 0 Å². The van der Waals surface area contributed by atoms with Gasteiger partial charge in [0.15, 0.2) is 0 Å². The Bertz CT molecular complexity index is 484. The Hall–Kier alpha value is -0.860. The van der Waals surface area contributed by atoms with Crippen LogP contribution in [0.15, 0.2) is 24.3 Å². The van der Waals surface area contributed by atoms with Gasteiger partial charge in [0.1, 0.15) is 0 Å². The molecule has 21 heavy (non-hydrogen) atoms. The maximum Gasteiger partial charge on any atom is 0.0223 e. The summed E-state index contributed by atoms with van der Waals surface area (Å²) in [5.41, 5.74) is 3.21. The summed E-state index contributed by atoms with van der Waals surface area (Å²) < 4.78 is 0. The van der Waals surface area contributed by atoms with Crippen LogP contribution in [0.2, 0.25) is 0 Å². The number of fused-ring (bicyclic) bond motifs is 2. The van der Waals surface area contributed by atoms with E-state index in [9.17, 15) is 0 Å². The molecule has 2 heterocycles. The second-order valence-electron chi connectivity index (χ2n) is 7.20. The Morgan fingerprint density at radius 3 is 2.52 bits per heavy atom. The number of hydrogen-bond acceptors (Lipinski definition) is 2. The number of piperidine rings is 1. The monoisotopic (exact) mass is 284 g/mol. The number of hydrogen-bond donors (Lipinski definition) is 0. The second kappa shape index (κ2) is 6.10. The average molecular weight is 284 g/mol. The number of nitrogens with zero attached hydrogens (tertiary/aromatic N) is 2. The van der Waals surface area contributed by atoms with Crippen molar-refractivity contribution in [3.05, 3.63) is 35.4 Å². The van der Waals surface area contributed by atoms with Crippen molar-refractivity contribution in [1.29, 1.82) is 0 Å². The second-order valence-corrected chi connectivity index (χ2v) is 7.20. The van der Waals surface area contributed by atoms with Crippen LogP contribution in [-0.4, -0.2) is 48.1 Å². The molecule has 0 spiro atoms. The van der Waals surface area contributed by atoms with Crippen molar-refractivity contribution in [3.63, 3.8) is 0 Å². The minimum atomic E-state index is 0.793. The molecule has 1 aromatic rings. The molecular formula is C19H28N2. The van der Waals surface area contributed by atoms with Gasteiger partial charge in [-0.2, -0.15) is 0 Å². The topological polar surface area (TPSA) is 6.48 Å². The van der Waals surface area contributed by atoms with Crippen molar-refractivity contribution in [2.75, 3.05) is 26.2 Å². The van der Waals surface area contributed by atoms with Crippen molar-refractivity contribution in [2.24, 2.45) is 0 Å². The fourth-order valence-corrected chi connectivity index (χ4v) is 4.72. The quantitative estimate of drug-likeness (QED) is 0.782. The van der Waals surface area contributed by atoms with Crippen molar-refractivity contribution in [3.8, 4) is 0 Å². The molecule has 0 N–H and O–H groups in total. The van der Waals surface area contributed by atoms with Crippen LogP contribution in [0, 0.1) is 0 Å². The lowest BCUT2D eigenvalue weighted by atomic mass is 9.87. The van der Waals surface area contributed by atoms with Crippen LogP contribution in [-0.2, 0) is 12.8 Å². The fourth-order valence-electron chi connectivity index (χ4n) is 4.72. The van der Waals surface area contributed by atoms with E-state index in [-0.39, 0.29) is 0 Å². The van der Waals surface area contributed by atoms with E-state index < -0.39 is 0 Å². The minimum Gasteiger partial charge on any atom is -0.299 e. The summed E-state index contributed by atoms with van der Waals surface area (Å²) in [6.07, 6.45) is 9.60. The molecule has 2 saturated heterocycles. The molecule has 2 fully saturated rings. The average Bonchev–Trinajstić information content (AvgIpc) is 2.76. The Balaban J connectivity index is 1.46. The van der Waals surface area contributed by atoms with Gasteiger partial charge in [0.2, 0.25) is 0 Å². The van der Waals surface area contributed by atoms with Crippen LogP contribution in [0.25, 0.3) is 0 Å². The smallest absolute Gasteiger partial charge is 0.0223 e. The van der Waals surface area contributed by atoms with Crippen LogP contribution in [0.1, 0.15) is 43.2 Å². The zero-order valence-electron chi connectivity index (χ0n) is 13.1. The summed E-state index contributed by atoms with van der Waals surface area (Å²) in [6, 6.07) is 10.7. The van der Waals surface area contributed by atoms with Crippen LogP contribution in [0.5, 0.6) is 0 Å². The molecule has 3 aliphatic rings. The van der Waals surface area contributed by atoms with Gasteiger partial charge in [-0.05, 0) is 69.3 Å². The molecule has 114 valence electrons. The highest BCUT2D eigenvalue weighted by molar-refractivity contribution is 5.30. The fraction of sp³-hybridized carbons (Fsp3) is 0.684. The van der Waals surface area contributed by atoms with Gasteiger partial charge in [0.25, 0.3) is 0 Å². The first-order valence-electron chi connectivity index (χ1n) is 8.95. The molecule has 2 aliphatic heterocycles. The molecule has 2 unspecified atom stereocenters. The minimum absolute atomic E-state index is 0.793. The first-order valence-corrected chi connectivity index (χ1v) is 8.95. The molecule has 1 aliphatic carbocycles. The van der Waals surface area contributed by atoms with Gasteiger partial charge >= 0.3 is 0 Å². The lowest BCUT2D eigenvalue weighted by molar-refractivity contribution is 0.114. The predicted octanol–water partition coefficient (Wildman–Crippen LogP) is 3.10. The summed E-state index contributed by atoms with van der Waals surface area (Å²) in [5.74, 6) is 0. The standard InChI is InChI=1S/C19H28N2/c1-2-7-17-14-18(10-9-16(17)6-1)21-13-5-12-20-11-4-3-8-19(20)15-21/h1-2,6-7,18-19H,3-5,8-15H2. The first kappa shape index (κ1) is 13.8. The van der Waals surface area contributed by atoms with Crippen molar-refractivity contribution in [1.82, 2.24) is 9.80 Å². The normalized spacial score (nSPS) is 31.2. The van der Waals surface area contributed by atoms with E-state index in [1.165, 1.54) is 71.1 Å². The van der Waals surface area contributed by atoms with Gasteiger partial charge in [-0.1, -0.05) is 30.7 Å². The highest BCUT2D eigenvalue weighted by Crippen LogP contribution is 2.28. The lowest BCUT2D eigenvalue weighted by Crippen LogP contribution is -2.47. The van der Waals surface area contributed by atoms with E-state index in [0.717, 1.165) is 12.1 Å². The van der Waals surface area contributed by atoms with E-state index >= 15 is 0 Å². The molecule has 1 aromatic carbocycles. The highest BCUT2D eigenvalue weighted by Gasteiger charge is 2.31. The number of benzene rings is 1. The summed E-state index contributed by atoms with van der Waals surface area (Å²) in [5, 5.41) is 0. The Labute approximate surface area is 129 Å². The largest absolute Gasteiger partial charge is 0.299 e. The molecule has 4 rings (SSSR count). The van der Waals surface area contributed by atoms with Crippen LogP contribution < -0.4 is 0 Å². The maximum atomic E-state index is 2.84. The Kier molecular flexibility index (Phi) is 4.00. The Morgan fingerprint density at radius 2 is 1.57 bits per heavy atom. The molecule has 2 nitrogen and oxygen atoms in total. The van der Waals surface area contributed by atoms with Crippen LogP contribution in [0.3, 0.4) is 0 Å². The maximum absolute atomic E-state index is 2.84. The third-order valence-electron chi connectivity index (χ3n) is 5.92. The van der Waals surface area contributed by atoms with Gasteiger partial charge in [0.05, 0.1) is 0 Å². The molecule has 0 amide bonds. The molecule has 0 radical (unpaired) electrons. The van der Waals surface area contributed by atoms with E-state index in [1.807, 2.05) is 0 Å². The molecule has 0 bridgehead atoms. The van der Waals surface area contributed by atoms with E-state index in [2.05, 4.69) is 34.1 Å². The van der Waals surface area contributed by atoms with Gasteiger partial charge in [-0.15, -0.1) is 0 Å². The third kappa shape index (κ3) is 2.89. The summed E-state index contributed by atoms with van der Waals surface area (Å²) >= 11 is 0. The van der Waals surface area contributed by atoms with Gasteiger partial charge in [-0.25, -0.2) is 0 Å². The highest BCUT2D eigenvalue weighted by atomic mass is 15.3. The molecular weight excluding hydrogens is 256 g/mol. The molecule has 0 aromatic heterocycles. The van der Waals surface area contributed by atoms with Crippen molar-refractivity contribution >= 4 is 0 Å². The summed E-state index contributed by atoms with van der Waals surface area (Å²) in [4.78, 5) is 5.62. The summed E-state index contributed by atoms with van der Waals surface area (Å²) in [6.45, 7) is 5.34. The van der Waals surface area contributed by atoms with E-state index in [1.54, 1.807) is 11.1 Å². The SMILES string of the molecule is c1ccc2c(c1)CCC(N1CCCN3CCCCC3C1)C2. The van der Waals surface area contributed by atoms with Gasteiger partial charge in [0, 0.05) is 18.6 Å². The first-order chi connectivity index (χ1) is 10.4. The molecule has 2 atom stereocenters. The number of rotatable bonds is 1. The van der Waals surface area contributed by atoms with Crippen molar-refractivity contribution in [2.45, 2.75) is 57.0 Å². The van der Waals surface area contributed by atoms with E-state index in [0.29, 0.717) is 0 Å². The third-order valence-corrected chi connectivity index (χ3v) is 5.92. The molecule has 0 saturated carbocycles.